The summed E-state index contributed by atoms with van der Waals surface area (Å²) in [5, 5.41) is 0. The van der Waals surface area contributed by atoms with Crippen molar-refractivity contribution in [1.29, 1.82) is 0 Å². The van der Waals surface area contributed by atoms with E-state index in [1.807, 2.05) is 0 Å². The summed E-state index contributed by atoms with van der Waals surface area (Å²) in [4.78, 5) is 0. The molecule has 0 aromatic heterocycles. The summed E-state index contributed by atoms with van der Waals surface area (Å²) >= 11 is 0. The third kappa shape index (κ3) is 6.21. The molecule has 0 saturated heterocycles. The molecule has 5 aromatic carbocycles. The van der Waals surface area contributed by atoms with Crippen LogP contribution in [0.5, 0.6) is 0 Å². The van der Waals surface area contributed by atoms with Crippen molar-refractivity contribution < 1.29 is 0 Å². The molecular weight excluding hydrogens is 625 g/mol. The van der Waals surface area contributed by atoms with Gasteiger partial charge in [0, 0.05) is 5.41 Å². The van der Waals surface area contributed by atoms with Crippen molar-refractivity contribution in [3.8, 4) is 44.5 Å². The molecule has 0 amide bonds. The molecule has 0 nitrogen and oxygen atoms in total. The summed E-state index contributed by atoms with van der Waals surface area (Å²) in [5.41, 5.74) is 13.3. The average Bonchev–Trinajstić information content (AvgIpc) is 3.10. The van der Waals surface area contributed by atoms with Gasteiger partial charge in [-0.25, -0.2) is 0 Å². The first-order chi connectivity index (χ1) is 24.3. The normalized spacial score (nSPS) is 16.3. The molecule has 0 spiro atoms. The molecule has 0 heterocycles. The topological polar surface area (TPSA) is 0 Å². The van der Waals surface area contributed by atoms with Crippen LogP contribution in [0.3, 0.4) is 0 Å². The second-order valence-corrected chi connectivity index (χ2v) is 19.5. The highest BCUT2D eigenvalue weighted by Gasteiger charge is 2.63. The van der Waals surface area contributed by atoms with Crippen LogP contribution in [0.15, 0.2) is 133 Å². The Balaban J connectivity index is 1.62. The van der Waals surface area contributed by atoms with E-state index in [1.54, 1.807) is 0 Å². The summed E-state index contributed by atoms with van der Waals surface area (Å²) in [6.45, 7) is 30.0. The molecule has 1 aliphatic carbocycles. The quantitative estimate of drug-likeness (QED) is 0.173. The van der Waals surface area contributed by atoms with Gasteiger partial charge in [-0.05, 0) is 95.6 Å². The van der Waals surface area contributed by atoms with Gasteiger partial charge in [-0.3, -0.25) is 0 Å². The van der Waals surface area contributed by atoms with Crippen LogP contribution >= 0.6 is 0 Å². The van der Waals surface area contributed by atoms with Crippen molar-refractivity contribution >= 4 is 5.57 Å². The van der Waals surface area contributed by atoms with Crippen LogP contribution in [0.4, 0.5) is 0 Å². The van der Waals surface area contributed by atoms with Gasteiger partial charge < -0.3 is 0 Å². The van der Waals surface area contributed by atoms with E-state index in [-0.39, 0.29) is 32.5 Å². The summed E-state index contributed by atoms with van der Waals surface area (Å²) in [7, 11) is 0. The predicted molar refractivity (Wildman–Crippen MR) is 228 cm³/mol. The number of hydrogen-bond acceptors (Lipinski definition) is 0. The first kappa shape index (κ1) is 37.6. The molecule has 0 radical (unpaired) electrons. The number of benzene rings is 5. The Labute approximate surface area is 316 Å². The zero-order chi connectivity index (χ0) is 37.7. The van der Waals surface area contributed by atoms with Gasteiger partial charge >= 0.3 is 0 Å². The van der Waals surface area contributed by atoms with Gasteiger partial charge in [-0.1, -0.05) is 217 Å². The Bertz CT molecular complexity index is 2030. The highest BCUT2D eigenvalue weighted by molar-refractivity contribution is 5.98. The molecule has 0 N–H and O–H groups in total. The maximum absolute atomic E-state index is 2.70. The number of hydrogen-bond donors (Lipinski definition) is 0. The summed E-state index contributed by atoms with van der Waals surface area (Å²) in [6, 6.07) is 47.0. The largest absolute Gasteiger partial charge is 0.0795 e. The molecule has 270 valence electrons. The molecule has 0 fully saturated rings. The average molecular weight is 687 g/mol. The van der Waals surface area contributed by atoms with E-state index < -0.39 is 0 Å². The Morgan fingerprint density at radius 3 is 1.02 bits per heavy atom. The first-order valence-corrected chi connectivity index (χ1v) is 19.5. The maximum Gasteiger partial charge on any atom is 0.00587 e. The Hall–Kier alpha value is -4.16. The van der Waals surface area contributed by atoms with Crippen LogP contribution in [0, 0.1) is 32.5 Å². The Morgan fingerprint density at radius 1 is 0.346 bits per heavy atom. The minimum atomic E-state index is -0.101. The monoisotopic (exact) mass is 686 g/mol. The Kier molecular flexibility index (Phi) is 9.66. The number of rotatable bonds is 5. The molecule has 0 bridgehead atoms. The van der Waals surface area contributed by atoms with Crippen LogP contribution in [0.25, 0.3) is 50.1 Å². The highest BCUT2D eigenvalue weighted by atomic mass is 14.7. The van der Waals surface area contributed by atoms with Crippen molar-refractivity contribution in [1.82, 2.24) is 0 Å². The Morgan fingerprint density at radius 2 is 0.654 bits per heavy atom. The third-order valence-corrected chi connectivity index (χ3v) is 13.1. The standard InChI is InChI=1S/C52H62/c1-47(2,3)51(48(4,5)6)35-34-46(52(36-51,49(7,8)9)50(10,11)12)45-33-23-22-32-44(45)43-31-21-20-30-42(43)41-29-19-18-28-40(41)39-27-17-16-26-38(39)37-24-14-13-15-25-37/h13-34H,35-36H2,1-12H3. The molecule has 0 saturated carbocycles. The van der Waals surface area contributed by atoms with E-state index in [0.29, 0.717) is 0 Å². The summed E-state index contributed by atoms with van der Waals surface area (Å²) in [6.07, 6.45) is 4.90. The zero-order valence-electron chi connectivity index (χ0n) is 34.1. The lowest BCUT2D eigenvalue weighted by Gasteiger charge is -2.66. The van der Waals surface area contributed by atoms with Crippen LogP contribution < -0.4 is 0 Å². The van der Waals surface area contributed by atoms with Crippen LogP contribution in [0.1, 0.15) is 101 Å². The summed E-state index contributed by atoms with van der Waals surface area (Å²) < 4.78 is 0. The molecular formula is C52H62. The van der Waals surface area contributed by atoms with Crippen molar-refractivity contribution in [2.75, 3.05) is 0 Å². The fourth-order valence-electron chi connectivity index (χ4n) is 10.6. The highest BCUT2D eigenvalue weighted by Crippen LogP contribution is 2.72. The van der Waals surface area contributed by atoms with Gasteiger partial charge in [0.15, 0.2) is 0 Å². The zero-order valence-corrected chi connectivity index (χ0v) is 34.1. The molecule has 1 aliphatic rings. The minimum Gasteiger partial charge on any atom is -0.0795 e. The fourth-order valence-corrected chi connectivity index (χ4v) is 10.6. The SMILES string of the molecule is CC(C)(C)C1(C(C)(C)C)CC=C(c2ccccc2-c2ccccc2-c2ccccc2-c2ccccc2-c2ccccc2)C(C(C)(C)C)(C(C)(C)C)C1. The molecule has 0 heteroatoms. The smallest absolute Gasteiger partial charge is 0.00587 e. The second kappa shape index (κ2) is 13.4. The van der Waals surface area contributed by atoms with Crippen LogP contribution in [-0.4, -0.2) is 0 Å². The van der Waals surface area contributed by atoms with Crippen molar-refractivity contribution in [3.63, 3.8) is 0 Å². The summed E-state index contributed by atoms with van der Waals surface area (Å²) in [5.74, 6) is 0. The van der Waals surface area contributed by atoms with E-state index in [4.69, 9.17) is 0 Å². The van der Waals surface area contributed by atoms with Gasteiger partial charge in [-0.2, -0.15) is 0 Å². The lowest BCUT2D eigenvalue weighted by Crippen LogP contribution is -2.58. The maximum atomic E-state index is 2.70. The molecule has 0 aliphatic heterocycles. The lowest BCUT2D eigenvalue weighted by atomic mass is 9.37. The van der Waals surface area contributed by atoms with Gasteiger partial charge in [0.25, 0.3) is 0 Å². The van der Waals surface area contributed by atoms with Crippen LogP contribution in [0.2, 0.25) is 0 Å². The van der Waals surface area contributed by atoms with E-state index in [2.05, 4.69) is 217 Å². The second-order valence-electron chi connectivity index (χ2n) is 19.5. The van der Waals surface area contributed by atoms with E-state index in [1.165, 1.54) is 55.6 Å². The third-order valence-electron chi connectivity index (χ3n) is 13.1. The van der Waals surface area contributed by atoms with E-state index in [0.717, 1.165) is 12.8 Å². The molecule has 52 heavy (non-hydrogen) atoms. The van der Waals surface area contributed by atoms with Gasteiger partial charge in [0.1, 0.15) is 0 Å². The minimum absolute atomic E-state index is 0.000366. The van der Waals surface area contributed by atoms with Crippen molar-refractivity contribution in [3.05, 3.63) is 139 Å². The first-order valence-electron chi connectivity index (χ1n) is 19.5. The van der Waals surface area contributed by atoms with Gasteiger partial charge in [-0.15, -0.1) is 0 Å². The molecule has 0 unspecified atom stereocenters. The van der Waals surface area contributed by atoms with Crippen molar-refractivity contribution in [2.24, 2.45) is 32.5 Å². The molecule has 0 atom stereocenters. The van der Waals surface area contributed by atoms with E-state index >= 15 is 0 Å². The van der Waals surface area contributed by atoms with Gasteiger partial charge in [0.2, 0.25) is 0 Å². The molecule has 5 aromatic rings. The van der Waals surface area contributed by atoms with E-state index in [9.17, 15) is 0 Å². The van der Waals surface area contributed by atoms with Crippen LogP contribution in [-0.2, 0) is 0 Å². The van der Waals surface area contributed by atoms with Gasteiger partial charge in [0.05, 0.1) is 0 Å². The predicted octanol–water partition coefficient (Wildman–Crippen LogP) is 15.7. The number of allylic oxidation sites excluding steroid dienone is 2. The molecule has 6 rings (SSSR count). The lowest BCUT2D eigenvalue weighted by molar-refractivity contribution is -0.118. The fraction of sp³-hybridized carbons (Fsp3) is 0.385. The van der Waals surface area contributed by atoms with Crippen molar-refractivity contribution in [2.45, 2.75) is 95.9 Å².